The highest BCUT2D eigenvalue weighted by molar-refractivity contribution is 7.27. The molecular formula is C25H25F2N6O5P. The van der Waals surface area contributed by atoms with Crippen molar-refractivity contribution >= 4 is 32.0 Å². The molecule has 0 bridgehead atoms. The summed E-state index contributed by atoms with van der Waals surface area (Å²) in [6, 6.07) is 9.03. The van der Waals surface area contributed by atoms with Crippen LogP contribution in [-0.4, -0.2) is 50.3 Å². The van der Waals surface area contributed by atoms with Crippen LogP contribution in [0.1, 0.15) is 11.3 Å². The largest absolute Gasteiger partial charge is 0.497 e. The Balaban J connectivity index is 1.72. The van der Waals surface area contributed by atoms with Gasteiger partial charge >= 0.3 is 11.4 Å². The van der Waals surface area contributed by atoms with Crippen LogP contribution in [0.2, 0.25) is 0 Å². The zero-order valence-corrected chi connectivity index (χ0v) is 22.2. The molecule has 2 heterocycles. The number of nitrogens with one attached hydrogen (secondary N) is 1. The summed E-state index contributed by atoms with van der Waals surface area (Å²) in [6.07, 6.45) is 2.93. The molecule has 39 heavy (non-hydrogen) atoms. The van der Waals surface area contributed by atoms with Crippen molar-refractivity contribution in [2.45, 2.75) is 19.6 Å². The Morgan fingerprint density at radius 2 is 1.82 bits per heavy atom. The lowest BCUT2D eigenvalue weighted by Gasteiger charge is -2.16. The van der Waals surface area contributed by atoms with Crippen molar-refractivity contribution < 1.29 is 23.0 Å². The third-order valence-corrected chi connectivity index (χ3v) is 6.04. The summed E-state index contributed by atoms with van der Waals surface area (Å²) < 4.78 is 41.5. The fourth-order valence-corrected chi connectivity index (χ4v) is 4.15. The summed E-state index contributed by atoms with van der Waals surface area (Å²) in [5.41, 5.74) is -0.499. The number of benzene rings is 2. The van der Waals surface area contributed by atoms with E-state index in [2.05, 4.69) is 24.5 Å². The van der Waals surface area contributed by atoms with Crippen LogP contribution in [0.25, 0.3) is 0 Å². The number of Topliss-reactive ketones (excluding diaryl/α,β-unsaturated/α-hetero) is 1. The van der Waals surface area contributed by atoms with E-state index in [0.717, 1.165) is 15.2 Å². The van der Waals surface area contributed by atoms with Crippen LogP contribution in [-0.2, 0) is 29.2 Å². The van der Waals surface area contributed by atoms with E-state index >= 15 is 0 Å². The molecule has 4 aromatic rings. The predicted octanol–water partition coefficient (Wildman–Crippen LogP) is 1.44. The van der Waals surface area contributed by atoms with E-state index in [9.17, 15) is 23.2 Å². The lowest BCUT2D eigenvalue weighted by Crippen LogP contribution is -2.43. The van der Waals surface area contributed by atoms with E-state index in [-0.39, 0.29) is 48.8 Å². The quantitative estimate of drug-likeness (QED) is 0.275. The number of aromatic nitrogens is 5. The maximum atomic E-state index is 14.1. The van der Waals surface area contributed by atoms with Gasteiger partial charge in [0, 0.05) is 24.3 Å². The van der Waals surface area contributed by atoms with Crippen molar-refractivity contribution in [1.29, 1.82) is 0 Å². The number of nitrogens with zero attached hydrogens (tertiary/aromatic N) is 5. The Morgan fingerprint density at radius 3 is 2.49 bits per heavy atom. The highest BCUT2D eigenvalue weighted by atomic mass is 31.0. The van der Waals surface area contributed by atoms with Crippen molar-refractivity contribution in [2.75, 3.05) is 26.1 Å². The van der Waals surface area contributed by atoms with Crippen LogP contribution >= 0.6 is 9.24 Å². The first-order valence-electron chi connectivity index (χ1n) is 11.6. The summed E-state index contributed by atoms with van der Waals surface area (Å²) in [5.74, 6) is -1.78. The van der Waals surface area contributed by atoms with Crippen LogP contribution in [0, 0.1) is 11.6 Å². The summed E-state index contributed by atoms with van der Waals surface area (Å²) in [4.78, 5) is 46.6. The second kappa shape index (κ2) is 12.1. The number of rotatable bonds is 11. The fourth-order valence-electron chi connectivity index (χ4n) is 3.80. The average molecular weight is 558 g/mol. The van der Waals surface area contributed by atoms with Gasteiger partial charge in [-0.1, -0.05) is 0 Å². The molecule has 0 saturated heterocycles. The highest BCUT2D eigenvalue weighted by Crippen LogP contribution is 2.19. The summed E-state index contributed by atoms with van der Waals surface area (Å²) in [6.45, 7) is -0.503. The number of halogens is 2. The predicted molar refractivity (Wildman–Crippen MR) is 142 cm³/mol. The second-order valence-corrected chi connectivity index (χ2v) is 9.14. The number of ether oxygens (including phenoxy) is 2. The van der Waals surface area contributed by atoms with Gasteiger partial charge in [0.15, 0.2) is 17.4 Å². The molecule has 0 aliphatic heterocycles. The number of anilines is 2. The molecule has 204 valence electrons. The smallest absolute Gasteiger partial charge is 0.355 e. The molecule has 0 saturated carbocycles. The number of imidazole rings is 1. The SMILES string of the molecule is COCC(=O)Cn1cnc(Cn2c(=O)nc(Nc3ccc(OC)cc3)n(Cc3cc(F)c(F)c(P)c3)c2=O)c1. The van der Waals surface area contributed by atoms with Crippen LogP contribution in [0.5, 0.6) is 5.75 Å². The normalized spacial score (nSPS) is 11.0. The van der Waals surface area contributed by atoms with Gasteiger partial charge in [-0.2, -0.15) is 4.98 Å². The molecule has 2 aromatic heterocycles. The van der Waals surface area contributed by atoms with E-state index < -0.39 is 23.0 Å². The van der Waals surface area contributed by atoms with Crippen LogP contribution in [0.3, 0.4) is 0 Å². The standard InChI is InChI=1S/C25H25F2N6O5P/c1-37-13-18(34)12-31-10-17(28-14-31)11-33-24(35)30-23(29-16-3-5-19(38-2)6-4-16)32(25(33)36)9-15-7-20(26)22(27)21(39)8-15/h3-8,10,14H,9,11-13,39H2,1-2H3,(H,29,30,35). The Hall–Kier alpha value is -4.22. The minimum Gasteiger partial charge on any atom is -0.497 e. The number of carbonyl (C=O) groups is 1. The monoisotopic (exact) mass is 558 g/mol. The van der Waals surface area contributed by atoms with Gasteiger partial charge in [0.05, 0.1) is 38.8 Å². The van der Waals surface area contributed by atoms with E-state index in [0.29, 0.717) is 17.1 Å². The second-order valence-electron chi connectivity index (χ2n) is 8.52. The Labute approximate surface area is 223 Å². The molecule has 1 N–H and O–H groups in total. The maximum Gasteiger partial charge on any atom is 0.355 e. The lowest BCUT2D eigenvalue weighted by atomic mass is 10.2. The van der Waals surface area contributed by atoms with E-state index in [1.807, 2.05) is 0 Å². The van der Waals surface area contributed by atoms with Crippen molar-refractivity contribution in [2.24, 2.45) is 0 Å². The van der Waals surface area contributed by atoms with E-state index in [1.54, 1.807) is 24.3 Å². The first-order valence-corrected chi connectivity index (χ1v) is 12.1. The van der Waals surface area contributed by atoms with Gasteiger partial charge in [-0.15, -0.1) is 9.24 Å². The fraction of sp³-hybridized carbons (Fsp3) is 0.240. The van der Waals surface area contributed by atoms with Gasteiger partial charge in [0.2, 0.25) is 5.95 Å². The van der Waals surface area contributed by atoms with Gasteiger partial charge in [-0.3, -0.25) is 9.36 Å². The molecule has 0 aliphatic rings. The molecule has 0 radical (unpaired) electrons. The van der Waals surface area contributed by atoms with Gasteiger partial charge < -0.3 is 19.4 Å². The van der Waals surface area contributed by atoms with Gasteiger partial charge in [0.1, 0.15) is 12.4 Å². The third kappa shape index (κ3) is 6.62. The van der Waals surface area contributed by atoms with Gasteiger partial charge in [-0.25, -0.2) is 27.9 Å². The minimum atomic E-state index is -1.08. The number of methoxy groups -OCH3 is 2. The molecular weight excluding hydrogens is 533 g/mol. The van der Waals surface area contributed by atoms with Crippen LogP contribution in [0.4, 0.5) is 20.4 Å². The van der Waals surface area contributed by atoms with Crippen LogP contribution < -0.4 is 26.7 Å². The molecule has 0 amide bonds. The van der Waals surface area contributed by atoms with E-state index in [1.165, 1.54) is 37.4 Å². The van der Waals surface area contributed by atoms with Crippen LogP contribution in [0.15, 0.2) is 58.5 Å². The Morgan fingerprint density at radius 1 is 1.08 bits per heavy atom. The first kappa shape index (κ1) is 27.8. The average Bonchev–Trinajstić information content (AvgIpc) is 3.34. The molecule has 2 aromatic carbocycles. The molecule has 11 nitrogen and oxygen atoms in total. The molecule has 4 rings (SSSR count). The third-order valence-electron chi connectivity index (χ3n) is 5.62. The number of hydrogen-bond donors (Lipinski definition) is 1. The highest BCUT2D eigenvalue weighted by Gasteiger charge is 2.17. The van der Waals surface area contributed by atoms with Gasteiger partial charge in [0.25, 0.3) is 0 Å². The first-order chi connectivity index (χ1) is 18.7. The van der Waals surface area contributed by atoms with E-state index in [4.69, 9.17) is 9.47 Å². The molecule has 1 atom stereocenters. The van der Waals surface area contributed by atoms with Crippen molar-refractivity contribution in [3.05, 3.63) is 92.8 Å². The molecule has 1 unspecified atom stereocenters. The Kier molecular flexibility index (Phi) is 8.62. The van der Waals surface area contributed by atoms with Gasteiger partial charge in [-0.05, 0) is 42.0 Å². The maximum absolute atomic E-state index is 14.1. The minimum absolute atomic E-state index is 0.0104. The Bertz CT molecular complexity index is 1590. The molecule has 14 heteroatoms. The molecule has 0 fully saturated rings. The molecule has 0 aliphatic carbocycles. The number of hydrogen-bond acceptors (Lipinski definition) is 8. The summed E-state index contributed by atoms with van der Waals surface area (Å²) >= 11 is 0. The topological polar surface area (TPSA) is 122 Å². The zero-order valence-electron chi connectivity index (χ0n) is 21.1. The zero-order chi connectivity index (χ0) is 28.1. The summed E-state index contributed by atoms with van der Waals surface area (Å²) in [7, 11) is 5.03. The van der Waals surface area contributed by atoms with Crippen molar-refractivity contribution in [3.63, 3.8) is 0 Å². The van der Waals surface area contributed by atoms with Crippen molar-refractivity contribution in [3.8, 4) is 5.75 Å². The number of carbonyl (C=O) groups excluding carboxylic acids is 1. The lowest BCUT2D eigenvalue weighted by molar-refractivity contribution is -0.123. The molecule has 0 spiro atoms. The van der Waals surface area contributed by atoms with Crippen molar-refractivity contribution in [1.82, 2.24) is 23.7 Å². The summed E-state index contributed by atoms with van der Waals surface area (Å²) in [5, 5.41) is 2.92. The number of ketones is 1.